The van der Waals surface area contributed by atoms with E-state index in [4.69, 9.17) is 16.3 Å². The van der Waals surface area contributed by atoms with Gasteiger partial charge in [0.05, 0.1) is 12.1 Å². The molecule has 0 saturated heterocycles. The van der Waals surface area contributed by atoms with Gasteiger partial charge >= 0.3 is 0 Å². The zero-order valence-electron chi connectivity index (χ0n) is 9.55. The van der Waals surface area contributed by atoms with Crippen molar-refractivity contribution in [3.8, 4) is 5.75 Å². The first-order valence-corrected chi connectivity index (χ1v) is 5.68. The summed E-state index contributed by atoms with van der Waals surface area (Å²) in [5.74, 6) is 0.622. The van der Waals surface area contributed by atoms with Gasteiger partial charge in [0, 0.05) is 12.1 Å². The molecule has 88 valence electrons. The van der Waals surface area contributed by atoms with Crippen molar-refractivity contribution in [1.29, 1.82) is 0 Å². The number of carbonyl (C=O) groups is 1. The average Bonchev–Trinajstić information content (AvgIpc) is 2.26. The first-order chi connectivity index (χ1) is 7.67. The van der Waals surface area contributed by atoms with E-state index < -0.39 is 0 Å². The summed E-state index contributed by atoms with van der Waals surface area (Å²) >= 11 is 5.94. The highest BCUT2D eigenvalue weighted by Crippen LogP contribution is 2.27. The predicted molar refractivity (Wildman–Crippen MR) is 66.2 cm³/mol. The Morgan fingerprint density at radius 1 is 1.50 bits per heavy atom. The van der Waals surface area contributed by atoms with Crippen LogP contribution in [0.1, 0.15) is 26.2 Å². The maximum atomic E-state index is 11.5. The summed E-state index contributed by atoms with van der Waals surface area (Å²) in [5, 5.41) is 3.29. The second-order valence-corrected chi connectivity index (χ2v) is 3.91. The zero-order chi connectivity index (χ0) is 12.0. The lowest BCUT2D eigenvalue weighted by Crippen LogP contribution is -2.10. The van der Waals surface area contributed by atoms with Crippen LogP contribution in [0.25, 0.3) is 0 Å². The largest absolute Gasteiger partial charge is 0.495 e. The molecule has 0 unspecified atom stereocenters. The van der Waals surface area contributed by atoms with Crippen molar-refractivity contribution >= 4 is 23.2 Å². The number of halogens is 1. The molecule has 0 aliphatic carbocycles. The molecule has 0 radical (unpaired) electrons. The Bertz CT molecular complexity index is 366. The Morgan fingerprint density at radius 2 is 2.25 bits per heavy atom. The minimum atomic E-state index is 0.0167. The fourth-order valence-corrected chi connectivity index (χ4v) is 1.56. The van der Waals surface area contributed by atoms with Crippen LogP contribution in [0.3, 0.4) is 0 Å². The Morgan fingerprint density at radius 3 is 2.81 bits per heavy atom. The van der Waals surface area contributed by atoms with Gasteiger partial charge in [-0.2, -0.15) is 0 Å². The van der Waals surface area contributed by atoms with Gasteiger partial charge in [-0.05, 0) is 24.6 Å². The van der Waals surface area contributed by atoms with E-state index in [1.54, 1.807) is 25.3 Å². The van der Waals surface area contributed by atoms with Gasteiger partial charge in [-0.25, -0.2) is 0 Å². The van der Waals surface area contributed by atoms with Crippen LogP contribution >= 0.6 is 11.6 Å². The summed E-state index contributed by atoms with van der Waals surface area (Å²) in [7, 11) is 1.56. The molecule has 0 bridgehead atoms. The molecular weight excluding hydrogens is 226 g/mol. The fraction of sp³-hybridized carbons (Fsp3) is 0.417. The number of carbonyl (C=O) groups excluding carboxylic acids is 1. The number of anilines is 1. The van der Waals surface area contributed by atoms with E-state index in [2.05, 4.69) is 12.2 Å². The summed E-state index contributed by atoms with van der Waals surface area (Å²) in [6.07, 6.45) is 2.45. The molecule has 0 fully saturated rings. The third-order valence-corrected chi connectivity index (χ3v) is 2.49. The van der Waals surface area contributed by atoms with E-state index in [9.17, 15) is 4.79 Å². The monoisotopic (exact) mass is 241 g/mol. The lowest BCUT2D eigenvalue weighted by atomic mass is 10.2. The van der Waals surface area contributed by atoms with Crippen LogP contribution in [-0.4, -0.2) is 13.0 Å². The summed E-state index contributed by atoms with van der Waals surface area (Å²) in [4.78, 5) is 11.5. The topological polar surface area (TPSA) is 38.3 Å². The van der Waals surface area contributed by atoms with Crippen LogP contribution in [0.2, 0.25) is 5.02 Å². The molecule has 1 amide bonds. The fourth-order valence-electron chi connectivity index (χ4n) is 1.30. The highest BCUT2D eigenvalue weighted by atomic mass is 35.5. The quantitative estimate of drug-likeness (QED) is 0.857. The molecule has 1 aromatic carbocycles. The van der Waals surface area contributed by atoms with Gasteiger partial charge in [-0.3, -0.25) is 4.79 Å². The molecule has 1 rings (SSSR count). The van der Waals surface area contributed by atoms with Crippen molar-refractivity contribution in [2.45, 2.75) is 26.2 Å². The molecular formula is C12H16ClNO2. The van der Waals surface area contributed by atoms with Gasteiger partial charge < -0.3 is 10.1 Å². The first-order valence-electron chi connectivity index (χ1n) is 5.30. The summed E-state index contributed by atoms with van der Waals surface area (Å²) in [6.45, 7) is 2.05. The summed E-state index contributed by atoms with van der Waals surface area (Å²) < 4.78 is 5.03. The molecule has 0 aliphatic heterocycles. The maximum Gasteiger partial charge on any atom is 0.224 e. The van der Waals surface area contributed by atoms with Gasteiger partial charge in [-0.15, -0.1) is 0 Å². The van der Waals surface area contributed by atoms with Crippen LogP contribution in [0, 0.1) is 0 Å². The summed E-state index contributed by atoms with van der Waals surface area (Å²) in [6, 6.07) is 5.19. The second-order valence-electron chi connectivity index (χ2n) is 3.50. The molecule has 0 heterocycles. The lowest BCUT2D eigenvalue weighted by Gasteiger charge is -2.07. The van der Waals surface area contributed by atoms with Crippen molar-refractivity contribution < 1.29 is 9.53 Å². The standard InChI is InChI=1S/C12H16ClNO2/c1-3-4-5-12(15)14-9-6-7-11(16-2)10(13)8-9/h6-8H,3-5H2,1-2H3,(H,14,15). The lowest BCUT2D eigenvalue weighted by molar-refractivity contribution is -0.116. The number of amides is 1. The number of nitrogens with one attached hydrogen (secondary N) is 1. The molecule has 0 saturated carbocycles. The first kappa shape index (κ1) is 12.8. The average molecular weight is 242 g/mol. The molecule has 0 atom stereocenters. The van der Waals surface area contributed by atoms with E-state index >= 15 is 0 Å². The van der Waals surface area contributed by atoms with E-state index in [0.717, 1.165) is 12.8 Å². The minimum absolute atomic E-state index is 0.0167. The Kier molecular flexibility index (Phi) is 5.12. The highest BCUT2D eigenvalue weighted by molar-refractivity contribution is 6.32. The molecule has 16 heavy (non-hydrogen) atoms. The van der Waals surface area contributed by atoms with Crippen molar-refractivity contribution in [1.82, 2.24) is 0 Å². The van der Waals surface area contributed by atoms with Gasteiger partial charge in [0.25, 0.3) is 0 Å². The summed E-state index contributed by atoms with van der Waals surface area (Å²) in [5.41, 5.74) is 0.701. The molecule has 4 heteroatoms. The molecule has 0 aliphatic rings. The predicted octanol–water partition coefficient (Wildman–Crippen LogP) is 3.48. The van der Waals surface area contributed by atoms with Gasteiger partial charge in [0.2, 0.25) is 5.91 Å². The van der Waals surface area contributed by atoms with Crippen molar-refractivity contribution in [3.05, 3.63) is 23.2 Å². The Balaban J connectivity index is 2.61. The van der Waals surface area contributed by atoms with E-state index in [1.165, 1.54) is 0 Å². The van der Waals surface area contributed by atoms with Crippen molar-refractivity contribution in [2.75, 3.05) is 12.4 Å². The number of ether oxygens (including phenoxy) is 1. The van der Waals surface area contributed by atoms with E-state index in [0.29, 0.717) is 22.9 Å². The van der Waals surface area contributed by atoms with Crippen molar-refractivity contribution in [2.24, 2.45) is 0 Å². The van der Waals surface area contributed by atoms with Gasteiger partial charge in [0.15, 0.2) is 0 Å². The third kappa shape index (κ3) is 3.74. The van der Waals surface area contributed by atoms with Gasteiger partial charge in [0.1, 0.15) is 5.75 Å². The zero-order valence-corrected chi connectivity index (χ0v) is 10.3. The Labute approximate surface area is 101 Å². The number of benzene rings is 1. The van der Waals surface area contributed by atoms with E-state index in [1.807, 2.05) is 0 Å². The molecule has 1 aromatic rings. The molecule has 3 nitrogen and oxygen atoms in total. The molecule has 0 spiro atoms. The number of methoxy groups -OCH3 is 1. The van der Waals surface area contributed by atoms with Crippen LogP contribution in [0.15, 0.2) is 18.2 Å². The second kappa shape index (κ2) is 6.38. The minimum Gasteiger partial charge on any atom is -0.495 e. The maximum absolute atomic E-state index is 11.5. The third-order valence-electron chi connectivity index (χ3n) is 2.19. The molecule has 1 N–H and O–H groups in total. The number of hydrogen-bond acceptors (Lipinski definition) is 2. The van der Waals surface area contributed by atoms with Gasteiger partial charge in [-0.1, -0.05) is 24.9 Å². The smallest absolute Gasteiger partial charge is 0.224 e. The highest BCUT2D eigenvalue weighted by Gasteiger charge is 2.04. The number of hydrogen-bond donors (Lipinski definition) is 1. The van der Waals surface area contributed by atoms with Crippen LogP contribution in [0.4, 0.5) is 5.69 Å². The van der Waals surface area contributed by atoms with Crippen LogP contribution in [0.5, 0.6) is 5.75 Å². The number of rotatable bonds is 5. The van der Waals surface area contributed by atoms with Crippen molar-refractivity contribution in [3.63, 3.8) is 0 Å². The van der Waals surface area contributed by atoms with Crippen LogP contribution < -0.4 is 10.1 Å². The Hall–Kier alpha value is -1.22. The number of unbranched alkanes of at least 4 members (excludes halogenated alkanes) is 1. The van der Waals surface area contributed by atoms with E-state index in [-0.39, 0.29) is 5.91 Å². The van der Waals surface area contributed by atoms with Crippen LogP contribution in [-0.2, 0) is 4.79 Å². The normalized spacial score (nSPS) is 9.94. The molecule has 0 aromatic heterocycles. The SMILES string of the molecule is CCCCC(=O)Nc1ccc(OC)c(Cl)c1.